The van der Waals surface area contributed by atoms with Gasteiger partial charge < -0.3 is 19.8 Å². The molecule has 2 aromatic rings. The van der Waals surface area contributed by atoms with Gasteiger partial charge in [-0.3, -0.25) is 14.4 Å². The maximum absolute atomic E-state index is 12.6. The molecule has 0 radical (unpaired) electrons. The molecule has 2 N–H and O–H groups in total. The van der Waals surface area contributed by atoms with Gasteiger partial charge in [0.2, 0.25) is 5.88 Å². The van der Waals surface area contributed by atoms with Crippen molar-refractivity contribution in [3.63, 3.8) is 0 Å². The Labute approximate surface area is 223 Å². The molecule has 0 aromatic carbocycles. The van der Waals surface area contributed by atoms with Crippen molar-refractivity contribution >= 4 is 17.8 Å². The second-order valence-corrected chi connectivity index (χ2v) is 9.13. The molecule has 1 atom stereocenters. The molecule has 0 saturated carbocycles. The zero-order valence-corrected chi connectivity index (χ0v) is 21.3. The number of rotatable bonds is 4. The minimum atomic E-state index is -5.08. The van der Waals surface area contributed by atoms with Crippen LogP contribution in [0.15, 0.2) is 36.7 Å². The van der Waals surface area contributed by atoms with Gasteiger partial charge in [-0.2, -0.15) is 31.4 Å². The average Bonchev–Trinajstić information content (AvgIpc) is 3.28. The summed E-state index contributed by atoms with van der Waals surface area (Å²) in [6, 6.07) is 7.49. The zero-order valence-electron chi connectivity index (χ0n) is 21.3. The van der Waals surface area contributed by atoms with Gasteiger partial charge in [-0.05, 0) is 44.5 Å². The number of carboxylic acids is 2. The fraction of sp³-hybridized carbons (Fsp3) is 0.522. The van der Waals surface area contributed by atoms with Crippen LogP contribution in [-0.2, 0) is 16.6 Å². The molecule has 1 spiro atoms. The van der Waals surface area contributed by atoms with Gasteiger partial charge in [-0.1, -0.05) is 6.07 Å². The van der Waals surface area contributed by atoms with Gasteiger partial charge in [0.05, 0.1) is 12.1 Å². The Kier molecular flexibility index (Phi) is 10.5. The molecule has 2 saturated heterocycles. The number of halogens is 6. The summed E-state index contributed by atoms with van der Waals surface area (Å²) in [6.07, 6.45) is -4.46. The third-order valence-corrected chi connectivity index (χ3v) is 6.13. The van der Waals surface area contributed by atoms with E-state index in [1.807, 2.05) is 30.1 Å². The van der Waals surface area contributed by atoms with Crippen molar-refractivity contribution in [2.24, 2.45) is 13.0 Å². The first-order valence-electron chi connectivity index (χ1n) is 11.6. The summed E-state index contributed by atoms with van der Waals surface area (Å²) >= 11 is 0. The van der Waals surface area contributed by atoms with Crippen LogP contribution in [0.2, 0.25) is 0 Å². The monoisotopic (exact) mass is 583 g/mol. The lowest BCUT2D eigenvalue weighted by Gasteiger charge is -2.58. The molecule has 2 aromatic heterocycles. The number of pyridine rings is 1. The van der Waals surface area contributed by atoms with Crippen molar-refractivity contribution in [2.45, 2.75) is 30.7 Å². The van der Waals surface area contributed by atoms with Gasteiger partial charge >= 0.3 is 24.3 Å². The van der Waals surface area contributed by atoms with Gasteiger partial charge in [0, 0.05) is 38.6 Å². The third kappa shape index (κ3) is 9.10. The van der Waals surface area contributed by atoms with E-state index < -0.39 is 24.3 Å². The zero-order chi connectivity index (χ0) is 30.3. The summed E-state index contributed by atoms with van der Waals surface area (Å²) in [7, 11) is 3.99. The van der Waals surface area contributed by atoms with E-state index >= 15 is 0 Å². The smallest absolute Gasteiger partial charge is 0.477 e. The summed E-state index contributed by atoms with van der Waals surface area (Å²) in [5.74, 6) is -4.32. The minimum Gasteiger partial charge on any atom is -0.477 e. The lowest BCUT2D eigenvalue weighted by Crippen LogP contribution is -2.72. The normalized spacial score (nSPS) is 18.4. The second kappa shape index (κ2) is 13.0. The number of hydrogen-bond donors (Lipinski definition) is 2. The summed E-state index contributed by atoms with van der Waals surface area (Å²) in [5.41, 5.74) is 0.594. The number of alkyl halides is 6. The maximum Gasteiger partial charge on any atom is 0.490 e. The first-order chi connectivity index (χ1) is 18.4. The molecule has 1 amide bonds. The van der Waals surface area contributed by atoms with E-state index in [0.29, 0.717) is 24.1 Å². The molecule has 2 aliphatic heterocycles. The molecule has 40 heavy (non-hydrogen) atoms. The topological polar surface area (TPSA) is 138 Å². The van der Waals surface area contributed by atoms with Gasteiger partial charge in [0.15, 0.2) is 0 Å². The number of likely N-dealkylation sites (tertiary alicyclic amines) is 2. The largest absolute Gasteiger partial charge is 0.490 e. The third-order valence-electron chi connectivity index (χ3n) is 6.13. The molecule has 0 aliphatic carbocycles. The van der Waals surface area contributed by atoms with Crippen molar-refractivity contribution < 1.29 is 55.7 Å². The fourth-order valence-corrected chi connectivity index (χ4v) is 4.06. The van der Waals surface area contributed by atoms with Crippen LogP contribution in [0.25, 0.3) is 0 Å². The molecule has 2 fully saturated rings. The van der Waals surface area contributed by atoms with Crippen LogP contribution in [-0.4, -0.2) is 104 Å². The predicted octanol–water partition coefficient (Wildman–Crippen LogP) is 2.70. The SMILES string of the molecule is CN1CCC(COc2ccccn2)CC12CN(C(=O)c1ccn(C)n1)C2.O=C(O)C(F)(F)F.O=C(O)C(F)(F)F. The van der Waals surface area contributed by atoms with Crippen molar-refractivity contribution in [3.8, 4) is 5.88 Å². The van der Waals surface area contributed by atoms with Crippen LogP contribution in [0.1, 0.15) is 23.3 Å². The highest BCUT2D eigenvalue weighted by Gasteiger charge is 2.51. The number of carboxylic acid groups (broad SMARTS) is 2. The van der Waals surface area contributed by atoms with Crippen LogP contribution in [0, 0.1) is 5.92 Å². The molecule has 222 valence electrons. The molecule has 1 unspecified atom stereocenters. The van der Waals surface area contributed by atoms with Gasteiger partial charge in [-0.25, -0.2) is 14.6 Å². The van der Waals surface area contributed by atoms with Gasteiger partial charge in [-0.15, -0.1) is 0 Å². The molecule has 11 nitrogen and oxygen atoms in total. The standard InChI is InChI=1S/C19H25N5O2.2C2HF3O2/c1-22-9-6-15(12-26-17-5-3-4-8-20-17)11-19(22)13-24(14-19)18(25)16-7-10-23(2)21-16;2*3-2(4,5)1(6)7/h3-5,7-8,10,15H,6,9,11-14H2,1-2H3;2*(H,6,7). The highest BCUT2D eigenvalue weighted by molar-refractivity contribution is 5.93. The van der Waals surface area contributed by atoms with Gasteiger partial charge in [0.1, 0.15) is 5.69 Å². The Bertz CT molecular complexity index is 1130. The van der Waals surface area contributed by atoms with Crippen LogP contribution in [0.4, 0.5) is 26.3 Å². The number of nitrogens with zero attached hydrogens (tertiary/aromatic N) is 5. The number of carbonyl (C=O) groups excluding carboxylic acids is 1. The Morgan fingerprint density at radius 3 is 2.05 bits per heavy atom. The van der Waals surface area contributed by atoms with Crippen LogP contribution in [0.3, 0.4) is 0 Å². The number of piperidine rings is 1. The fourth-order valence-electron chi connectivity index (χ4n) is 4.06. The van der Waals surface area contributed by atoms with E-state index in [1.165, 1.54) is 0 Å². The number of hydrogen-bond acceptors (Lipinski definition) is 7. The highest BCUT2D eigenvalue weighted by Crippen LogP contribution is 2.38. The van der Waals surface area contributed by atoms with Crippen molar-refractivity contribution in [3.05, 3.63) is 42.4 Å². The van der Waals surface area contributed by atoms with E-state index in [4.69, 9.17) is 24.5 Å². The number of aromatic nitrogens is 3. The Morgan fingerprint density at radius 1 is 1.02 bits per heavy atom. The molecule has 4 heterocycles. The van der Waals surface area contributed by atoms with E-state index in [1.54, 1.807) is 23.1 Å². The average molecular weight is 583 g/mol. The number of aliphatic carboxylic acids is 2. The quantitative estimate of drug-likeness (QED) is 0.521. The van der Waals surface area contributed by atoms with Gasteiger partial charge in [0.25, 0.3) is 5.91 Å². The Morgan fingerprint density at radius 2 is 1.60 bits per heavy atom. The number of likely N-dealkylation sites (N-methyl/N-ethyl adjacent to an activating group) is 1. The summed E-state index contributed by atoms with van der Waals surface area (Å²) in [5, 5.41) is 18.5. The van der Waals surface area contributed by atoms with Crippen molar-refractivity contribution in [1.29, 1.82) is 0 Å². The number of ether oxygens (including phenoxy) is 1. The number of amides is 1. The van der Waals surface area contributed by atoms with Crippen molar-refractivity contribution in [1.82, 2.24) is 24.6 Å². The maximum atomic E-state index is 12.6. The Balaban J connectivity index is 0.000000333. The van der Waals surface area contributed by atoms with Crippen LogP contribution in [0.5, 0.6) is 5.88 Å². The van der Waals surface area contributed by atoms with E-state index in [9.17, 15) is 31.1 Å². The lowest BCUT2D eigenvalue weighted by molar-refractivity contribution is -0.193. The predicted molar refractivity (Wildman–Crippen MR) is 124 cm³/mol. The highest BCUT2D eigenvalue weighted by atomic mass is 19.4. The minimum absolute atomic E-state index is 0.0245. The summed E-state index contributed by atoms with van der Waals surface area (Å²) in [4.78, 5) is 38.9. The number of carbonyl (C=O) groups is 3. The molecule has 4 rings (SSSR count). The summed E-state index contributed by atoms with van der Waals surface area (Å²) in [6.45, 7) is 3.24. The molecular weight excluding hydrogens is 556 g/mol. The second-order valence-electron chi connectivity index (χ2n) is 9.13. The number of aryl methyl sites for hydroxylation is 1. The van der Waals surface area contributed by atoms with Crippen molar-refractivity contribution in [2.75, 3.05) is 33.3 Å². The first-order valence-corrected chi connectivity index (χ1v) is 11.6. The van der Waals surface area contributed by atoms with E-state index in [-0.39, 0.29) is 11.4 Å². The lowest BCUT2D eigenvalue weighted by atomic mass is 9.75. The summed E-state index contributed by atoms with van der Waals surface area (Å²) < 4.78 is 71.0. The molecular formula is C23H27F6N5O6. The molecule has 0 bridgehead atoms. The molecule has 2 aliphatic rings. The first kappa shape index (κ1) is 32.3. The van der Waals surface area contributed by atoms with E-state index in [2.05, 4.69) is 22.0 Å². The van der Waals surface area contributed by atoms with Crippen LogP contribution < -0.4 is 4.74 Å². The van der Waals surface area contributed by atoms with Crippen LogP contribution >= 0.6 is 0 Å². The molecule has 17 heteroatoms. The van der Waals surface area contributed by atoms with E-state index in [0.717, 1.165) is 32.5 Å². The Hall–Kier alpha value is -3.89.